The van der Waals surface area contributed by atoms with Crippen LogP contribution in [-0.4, -0.2) is 22.2 Å². The number of phenolic OH excluding ortho intramolecular Hbond substituents is 1. The third-order valence-electron chi connectivity index (χ3n) is 3.80. The summed E-state index contributed by atoms with van der Waals surface area (Å²) >= 11 is 1.49. The Hall–Kier alpha value is -2.60. The van der Waals surface area contributed by atoms with Gasteiger partial charge in [0.05, 0.1) is 12.5 Å². The second-order valence-corrected chi connectivity index (χ2v) is 7.11. The lowest BCUT2D eigenvalue weighted by Crippen LogP contribution is -2.10. The molecule has 130 valence electrons. The van der Waals surface area contributed by atoms with E-state index >= 15 is 0 Å². The van der Waals surface area contributed by atoms with Crippen molar-refractivity contribution >= 4 is 33.7 Å². The number of nitrogens with one attached hydrogen (secondary N) is 1. The van der Waals surface area contributed by atoms with E-state index in [9.17, 15) is 9.90 Å². The second-order valence-electron chi connectivity index (χ2n) is 6.25. The first-order chi connectivity index (χ1) is 12.0. The molecule has 0 amide bonds. The summed E-state index contributed by atoms with van der Waals surface area (Å²) in [4.78, 5) is 20.5. The van der Waals surface area contributed by atoms with E-state index in [-0.39, 0.29) is 11.3 Å². The number of H-pyrrole nitrogens is 1. The molecule has 0 saturated carbocycles. The van der Waals surface area contributed by atoms with E-state index in [2.05, 4.69) is 23.8 Å². The molecule has 3 aromatic rings. The van der Waals surface area contributed by atoms with Crippen LogP contribution in [-0.2, 0) is 6.42 Å². The monoisotopic (exact) mass is 356 g/mol. The van der Waals surface area contributed by atoms with Crippen molar-refractivity contribution in [3.05, 3.63) is 50.9 Å². The van der Waals surface area contributed by atoms with Crippen molar-refractivity contribution in [3.8, 4) is 11.5 Å². The van der Waals surface area contributed by atoms with Crippen LogP contribution < -0.4 is 10.3 Å². The lowest BCUT2D eigenvalue weighted by atomic mass is 10.0. The van der Waals surface area contributed by atoms with E-state index < -0.39 is 0 Å². The quantitative estimate of drug-likeness (QED) is 0.723. The number of methoxy groups -OCH3 is 1. The van der Waals surface area contributed by atoms with Crippen molar-refractivity contribution in [3.63, 3.8) is 0 Å². The van der Waals surface area contributed by atoms with Crippen LogP contribution in [0.25, 0.3) is 22.4 Å². The molecule has 0 aliphatic rings. The van der Waals surface area contributed by atoms with E-state index in [0.717, 1.165) is 22.4 Å². The molecule has 0 fully saturated rings. The number of fused-ring (bicyclic) bond motifs is 1. The maximum absolute atomic E-state index is 12.4. The average Bonchev–Trinajstić information content (AvgIpc) is 2.95. The molecule has 2 heterocycles. The van der Waals surface area contributed by atoms with Crippen LogP contribution in [0.4, 0.5) is 0 Å². The van der Waals surface area contributed by atoms with Gasteiger partial charge in [0, 0.05) is 0 Å². The second kappa shape index (κ2) is 7.11. The fourth-order valence-corrected chi connectivity index (χ4v) is 3.64. The van der Waals surface area contributed by atoms with Gasteiger partial charge in [-0.05, 0) is 47.1 Å². The number of ether oxygens (including phenoxy) is 1. The molecule has 0 aliphatic carbocycles. The van der Waals surface area contributed by atoms with Crippen LogP contribution in [0.1, 0.15) is 30.8 Å². The Labute approximate surface area is 149 Å². The standard InChI is InChI=1S/C19H20N2O3S/c1-11(2)8-13-10-25-19-17(13)18(23)20-16(21-19)7-5-12-4-6-15(24-3)14(22)9-12/h4-7,9-11,22H,8H2,1-3H3,(H,20,21,23). The van der Waals surface area contributed by atoms with Crippen molar-refractivity contribution < 1.29 is 9.84 Å². The maximum Gasteiger partial charge on any atom is 0.260 e. The molecule has 2 aromatic heterocycles. The number of benzene rings is 1. The number of thiophene rings is 1. The van der Waals surface area contributed by atoms with Gasteiger partial charge in [0.15, 0.2) is 11.5 Å². The Balaban J connectivity index is 1.92. The topological polar surface area (TPSA) is 75.2 Å². The molecule has 6 heteroatoms. The Bertz CT molecular complexity index is 986. The number of nitrogens with zero attached hydrogens (tertiary/aromatic N) is 1. The lowest BCUT2D eigenvalue weighted by molar-refractivity contribution is 0.373. The summed E-state index contributed by atoms with van der Waals surface area (Å²) < 4.78 is 5.02. The van der Waals surface area contributed by atoms with Gasteiger partial charge in [0.25, 0.3) is 5.56 Å². The SMILES string of the molecule is COc1ccc(C=Cc2nc3scc(CC(C)C)c3c(=O)[nH]2)cc1O. The molecule has 5 nitrogen and oxygen atoms in total. The molecule has 0 aliphatic heterocycles. The van der Waals surface area contributed by atoms with Crippen molar-refractivity contribution in [1.82, 2.24) is 9.97 Å². The first kappa shape index (κ1) is 17.2. The summed E-state index contributed by atoms with van der Waals surface area (Å²) in [6.07, 6.45) is 4.38. The summed E-state index contributed by atoms with van der Waals surface area (Å²) in [5.41, 5.74) is 1.73. The fourth-order valence-electron chi connectivity index (χ4n) is 2.68. The number of phenols is 1. The van der Waals surface area contributed by atoms with Gasteiger partial charge in [-0.15, -0.1) is 11.3 Å². The minimum atomic E-state index is -0.112. The minimum Gasteiger partial charge on any atom is -0.504 e. The van der Waals surface area contributed by atoms with Gasteiger partial charge in [-0.25, -0.2) is 4.98 Å². The Morgan fingerprint density at radius 2 is 2.16 bits per heavy atom. The van der Waals surface area contributed by atoms with Crippen LogP contribution in [0.5, 0.6) is 11.5 Å². The number of hydrogen-bond donors (Lipinski definition) is 2. The van der Waals surface area contributed by atoms with E-state index in [1.165, 1.54) is 18.4 Å². The van der Waals surface area contributed by atoms with Crippen molar-refractivity contribution in [2.75, 3.05) is 7.11 Å². The van der Waals surface area contributed by atoms with Gasteiger partial charge in [-0.2, -0.15) is 0 Å². The predicted molar refractivity (Wildman–Crippen MR) is 102 cm³/mol. The summed E-state index contributed by atoms with van der Waals surface area (Å²) in [5.74, 6) is 1.46. The third-order valence-corrected chi connectivity index (χ3v) is 4.72. The van der Waals surface area contributed by atoms with Gasteiger partial charge >= 0.3 is 0 Å². The van der Waals surface area contributed by atoms with Crippen LogP contribution in [0.15, 0.2) is 28.4 Å². The Morgan fingerprint density at radius 1 is 1.36 bits per heavy atom. The van der Waals surface area contributed by atoms with Gasteiger partial charge in [0.2, 0.25) is 0 Å². The number of aromatic amines is 1. The molecule has 3 rings (SSSR count). The highest BCUT2D eigenvalue weighted by Gasteiger charge is 2.11. The largest absolute Gasteiger partial charge is 0.504 e. The van der Waals surface area contributed by atoms with Gasteiger partial charge in [-0.3, -0.25) is 4.79 Å². The summed E-state index contributed by atoms with van der Waals surface area (Å²) in [6, 6.07) is 5.10. The number of hydrogen-bond acceptors (Lipinski definition) is 5. The lowest BCUT2D eigenvalue weighted by Gasteiger charge is -2.03. The summed E-state index contributed by atoms with van der Waals surface area (Å²) in [5, 5.41) is 12.5. The van der Waals surface area contributed by atoms with E-state index in [0.29, 0.717) is 22.9 Å². The molecule has 0 atom stereocenters. The third kappa shape index (κ3) is 3.74. The zero-order valence-corrected chi connectivity index (χ0v) is 15.2. The minimum absolute atomic E-state index is 0.0677. The summed E-state index contributed by atoms with van der Waals surface area (Å²) in [7, 11) is 1.50. The maximum atomic E-state index is 12.4. The highest BCUT2D eigenvalue weighted by Crippen LogP contribution is 2.27. The molecule has 1 aromatic carbocycles. The number of aromatic nitrogens is 2. The summed E-state index contributed by atoms with van der Waals surface area (Å²) in [6.45, 7) is 4.26. The smallest absolute Gasteiger partial charge is 0.260 e. The van der Waals surface area contributed by atoms with Crippen molar-refractivity contribution in [2.45, 2.75) is 20.3 Å². The predicted octanol–water partition coefficient (Wildman–Crippen LogP) is 4.07. The van der Waals surface area contributed by atoms with Crippen LogP contribution >= 0.6 is 11.3 Å². The van der Waals surface area contributed by atoms with Crippen LogP contribution in [0, 0.1) is 5.92 Å². The zero-order chi connectivity index (χ0) is 18.0. The first-order valence-corrected chi connectivity index (χ1v) is 8.91. The number of rotatable bonds is 5. The van der Waals surface area contributed by atoms with Crippen LogP contribution in [0.3, 0.4) is 0 Å². The molecule has 25 heavy (non-hydrogen) atoms. The van der Waals surface area contributed by atoms with Crippen molar-refractivity contribution in [1.29, 1.82) is 0 Å². The first-order valence-electron chi connectivity index (χ1n) is 8.03. The Morgan fingerprint density at radius 3 is 2.84 bits per heavy atom. The van der Waals surface area contributed by atoms with Crippen LogP contribution in [0.2, 0.25) is 0 Å². The van der Waals surface area contributed by atoms with Crippen molar-refractivity contribution in [2.24, 2.45) is 5.92 Å². The van der Waals surface area contributed by atoms with Gasteiger partial charge in [0.1, 0.15) is 10.7 Å². The molecular weight excluding hydrogens is 336 g/mol. The van der Waals surface area contributed by atoms with Gasteiger partial charge in [-0.1, -0.05) is 26.0 Å². The normalized spacial score (nSPS) is 11.7. The highest BCUT2D eigenvalue weighted by molar-refractivity contribution is 7.16. The van der Waals surface area contributed by atoms with E-state index in [1.807, 2.05) is 11.4 Å². The molecule has 2 N–H and O–H groups in total. The van der Waals surface area contributed by atoms with E-state index in [4.69, 9.17) is 4.74 Å². The highest BCUT2D eigenvalue weighted by atomic mass is 32.1. The fraction of sp³-hybridized carbons (Fsp3) is 0.263. The molecular formula is C19H20N2O3S. The van der Waals surface area contributed by atoms with E-state index in [1.54, 1.807) is 24.3 Å². The Kier molecular flexibility index (Phi) is 4.90. The molecule has 0 radical (unpaired) electrons. The molecule has 0 saturated heterocycles. The van der Waals surface area contributed by atoms with Gasteiger partial charge < -0.3 is 14.8 Å². The molecule has 0 spiro atoms. The molecule has 0 unspecified atom stereocenters. The molecule has 0 bridgehead atoms. The zero-order valence-electron chi connectivity index (χ0n) is 14.4. The average molecular weight is 356 g/mol. The number of aromatic hydroxyl groups is 1.